The molecule has 1 aliphatic heterocycles. The number of carbonyl (C=O) groups is 1. The van der Waals surface area contributed by atoms with Gasteiger partial charge in [0.25, 0.3) is 0 Å². The lowest BCUT2D eigenvalue weighted by Crippen LogP contribution is -2.34. The van der Waals surface area contributed by atoms with Gasteiger partial charge in [-0.05, 0) is 17.5 Å². The van der Waals surface area contributed by atoms with E-state index in [1.54, 1.807) is 11.8 Å². The highest BCUT2D eigenvalue weighted by molar-refractivity contribution is 8.14. The molecular weight excluding hydrogens is 292 g/mol. The number of nitrogens with zero attached hydrogens (tertiary/aromatic N) is 1. The summed E-state index contributed by atoms with van der Waals surface area (Å²) in [6.07, 6.45) is 1.39. The fourth-order valence-electron chi connectivity index (χ4n) is 2.41. The number of aliphatic imine (C=N–C) groups is 1. The Balaban J connectivity index is 1.63. The number of nitrogens with one attached hydrogen (secondary N) is 1. The first-order chi connectivity index (χ1) is 10.8. The zero-order valence-corrected chi connectivity index (χ0v) is 13.1. The second kappa shape index (κ2) is 7.27. The Labute approximate surface area is 134 Å². The minimum absolute atomic E-state index is 0.0473. The van der Waals surface area contributed by atoms with Crippen molar-refractivity contribution in [2.24, 2.45) is 4.99 Å². The van der Waals surface area contributed by atoms with Gasteiger partial charge < -0.3 is 5.32 Å². The van der Waals surface area contributed by atoms with E-state index < -0.39 is 0 Å². The maximum atomic E-state index is 11.9. The van der Waals surface area contributed by atoms with E-state index in [1.807, 2.05) is 36.4 Å². The predicted molar refractivity (Wildman–Crippen MR) is 92.0 cm³/mol. The predicted octanol–water partition coefficient (Wildman–Crippen LogP) is 3.58. The summed E-state index contributed by atoms with van der Waals surface area (Å²) in [5.74, 6) is 0.0473. The van der Waals surface area contributed by atoms with E-state index in [0.717, 1.165) is 11.6 Å². The summed E-state index contributed by atoms with van der Waals surface area (Å²) >= 11 is 1.64. The molecule has 1 heterocycles. The van der Waals surface area contributed by atoms with E-state index in [0.29, 0.717) is 13.0 Å². The molecule has 0 aliphatic carbocycles. The second-order valence-corrected chi connectivity index (χ2v) is 6.38. The molecule has 1 atom stereocenters. The fraction of sp³-hybridized carbons (Fsp3) is 0.222. The molecule has 112 valence electrons. The van der Waals surface area contributed by atoms with E-state index >= 15 is 0 Å². The minimum Gasteiger partial charge on any atom is -0.305 e. The summed E-state index contributed by atoms with van der Waals surface area (Å²) in [6.45, 7) is 0.689. The van der Waals surface area contributed by atoms with Gasteiger partial charge in [0.15, 0.2) is 5.17 Å². The summed E-state index contributed by atoms with van der Waals surface area (Å²) in [6, 6.07) is 20.4. The van der Waals surface area contributed by atoms with Crippen LogP contribution in [0.1, 0.15) is 22.8 Å². The van der Waals surface area contributed by atoms with E-state index in [9.17, 15) is 4.79 Å². The molecule has 1 saturated heterocycles. The number of thioether (sulfide) groups is 1. The van der Waals surface area contributed by atoms with Gasteiger partial charge in [0.2, 0.25) is 5.91 Å². The van der Waals surface area contributed by atoms with Crippen LogP contribution >= 0.6 is 11.8 Å². The average Bonchev–Trinajstić information content (AvgIpc) is 2.56. The molecule has 0 spiro atoms. The molecule has 2 aromatic carbocycles. The molecule has 1 unspecified atom stereocenters. The molecule has 0 radical (unpaired) electrons. The lowest BCUT2D eigenvalue weighted by atomic mass is 10.1. The van der Waals surface area contributed by atoms with E-state index in [1.165, 1.54) is 11.1 Å². The molecule has 1 aliphatic rings. The van der Waals surface area contributed by atoms with Crippen molar-refractivity contribution in [2.75, 3.05) is 6.54 Å². The van der Waals surface area contributed by atoms with Crippen molar-refractivity contribution in [3.8, 4) is 0 Å². The van der Waals surface area contributed by atoms with Crippen LogP contribution in [0.2, 0.25) is 0 Å². The van der Waals surface area contributed by atoms with Crippen molar-refractivity contribution < 1.29 is 4.79 Å². The van der Waals surface area contributed by atoms with Crippen LogP contribution in [-0.4, -0.2) is 17.6 Å². The van der Waals surface area contributed by atoms with Gasteiger partial charge >= 0.3 is 0 Å². The maximum Gasteiger partial charge on any atom is 0.227 e. The van der Waals surface area contributed by atoms with Crippen LogP contribution in [0.3, 0.4) is 0 Å². The van der Waals surface area contributed by atoms with Gasteiger partial charge in [-0.2, -0.15) is 0 Å². The van der Waals surface area contributed by atoms with Gasteiger partial charge in [0.05, 0.1) is 0 Å². The molecule has 3 nitrogen and oxygen atoms in total. The van der Waals surface area contributed by atoms with Gasteiger partial charge in [0.1, 0.15) is 0 Å². The summed E-state index contributed by atoms with van der Waals surface area (Å²) in [7, 11) is 0. The standard InChI is InChI=1S/C18H18N2OS/c21-17-13-16(15-9-5-2-6-10-15)22-18(20-17)19-12-11-14-7-3-1-4-8-14/h1-10,16H,11-13H2,(H,19,20,21). The first-order valence-electron chi connectivity index (χ1n) is 7.41. The van der Waals surface area contributed by atoms with E-state index in [2.05, 4.69) is 34.6 Å². The van der Waals surface area contributed by atoms with Gasteiger partial charge in [-0.1, -0.05) is 72.4 Å². The zero-order valence-electron chi connectivity index (χ0n) is 12.2. The molecule has 4 heteroatoms. The third-order valence-electron chi connectivity index (χ3n) is 3.54. The molecule has 1 amide bonds. The number of amidine groups is 1. The molecular formula is C18H18N2OS. The number of hydrogen-bond donors (Lipinski definition) is 1. The van der Waals surface area contributed by atoms with Crippen LogP contribution in [-0.2, 0) is 11.2 Å². The average molecular weight is 310 g/mol. The number of rotatable bonds is 4. The Morgan fingerprint density at radius 1 is 1.05 bits per heavy atom. The smallest absolute Gasteiger partial charge is 0.227 e. The number of carbonyl (C=O) groups excluding carboxylic acids is 1. The highest BCUT2D eigenvalue weighted by Gasteiger charge is 2.25. The Bertz CT molecular complexity index is 655. The summed E-state index contributed by atoms with van der Waals surface area (Å²) in [5.41, 5.74) is 2.44. The summed E-state index contributed by atoms with van der Waals surface area (Å²) < 4.78 is 0. The SMILES string of the molecule is O=C1CC(c2ccccc2)SC(=NCCc2ccccc2)N1. The Kier molecular flexibility index (Phi) is 4.91. The minimum atomic E-state index is 0.0473. The molecule has 0 aromatic heterocycles. The van der Waals surface area contributed by atoms with Crippen LogP contribution in [0.25, 0.3) is 0 Å². The van der Waals surface area contributed by atoms with Crippen LogP contribution < -0.4 is 5.32 Å². The Hall–Kier alpha value is -2.07. The first kappa shape index (κ1) is 14.9. The lowest BCUT2D eigenvalue weighted by Gasteiger charge is -2.23. The third kappa shape index (κ3) is 3.98. The van der Waals surface area contributed by atoms with Crippen molar-refractivity contribution >= 4 is 22.8 Å². The van der Waals surface area contributed by atoms with Gasteiger partial charge in [0, 0.05) is 18.2 Å². The Morgan fingerprint density at radius 2 is 1.73 bits per heavy atom. The van der Waals surface area contributed by atoms with E-state index in [-0.39, 0.29) is 11.2 Å². The molecule has 0 saturated carbocycles. The highest BCUT2D eigenvalue weighted by atomic mass is 32.2. The lowest BCUT2D eigenvalue weighted by molar-refractivity contribution is -0.119. The topological polar surface area (TPSA) is 41.5 Å². The quantitative estimate of drug-likeness (QED) is 0.938. The Morgan fingerprint density at radius 3 is 2.45 bits per heavy atom. The largest absolute Gasteiger partial charge is 0.305 e. The van der Waals surface area contributed by atoms with Crippen molar-refractivity contribution in [3.63, 3.8) is 0 Å². The number of hydrogen-bond acceptors (Lipinski definition) is 3. The van der Waals surface area contributed by atoms with Crippen molar-refractivity contribution in [1.82, 2.24) is 5.32 Å². The van der Waals surface area contributed by atoms with Crippen molar-refractivity contribution in [2.45, 2.75) is 18.1 Å². The second-order valence-electron chi connectivity index (χ2n) is 5.19. The molecule has 22 heavy (non-hydrogen) atoms. The molecule has 1 N–H and O–H groups in total. The van der Waals surface area contributed by atoms with Gasteiger partial charge in [-0.15, -0.1) is 0 Å². The van der Waals surface area contributed by atoms with Crippen LogP contribution in [0.4, 0.5) is 0 Å². The van der Waals surface area contributed by atoms with Gasteiger partial charge in [-0.3, -0.25) is 9.79 Å². The third-order valence-corrected chi connectivity index (χ3v) is 4.72. The first-order valence-corrected chi connectivity index (χ1v) is 8.29. The molecule has 2 aromatic rings. The fourth-order valence-corrected chi connectivity index (χ4v) is 3.54. The molecule has 0 bridgehead atoms. The number of amides is 1. The molecule has 3 rings (SSSR count). The zero-order chi connectivity index (χ0) is 15.2. The monoisotopic (exact) mass is 310 g/mol. The summed E-state index contributed by atoms with van der Waals surface area (Å²) in [5, 5.41) is 3.77. The number of benzene rings is 2. The maximum absolute atomic E-state index is 11.9. The molecule has 1 fully saturated rings. The van der Waals surface area contributed by atoms with E-state index in [4.69, 9.17) is 0 Å². The van der Waals surface area contributed by atoms with Crippen molar-refractivity contribution in [1.29, 1.82) is 0 Å². The summed E-state index contributed by atoms with van der Waals surface area (Å²) in [4.78, 5) is 16.4. The van der Waals surface area contributed by atoms with Crippen molar-refractivity contribution in [3.05, 3.63) is 71.8 Å². The van der Waals surface area contributed by atoms with Crippen LogP contribution in [0.5, 0.6) is 0 Å². The van der Waals surface area contributed by atoms with Crippen LogP contribution in [0, 0.1) is 0 Å². The highest BCUT2D eigenvalue weighted by Crippen LogP contribution is 2.35. The van der Waals surface area contributed by atoms with Crippen LogP contribution in [0.15, 0.2) is 65.7 Å². The van der Waals surface area contributed by atoms with Gasteiger partial charge in [-0.25, -0.2) is 0 Å². The normalized spacial score (nSPS) is 19.9.